The van der Waals surface area contributed by atoms with Gasteiger partial charge in [-0.15, -0.1) is 0 Å². The van der Waals surface area contributed by atoms with Crippen molar-refractivity contribution >= 4 is 42.2 Å². The van der Waals surface area contributed by atoms with Gasteiger partial charge in [0.1, 0.15) is 18.1 Å². The van der Waals surface area contributed by atoms with Crippen LogP contribution in [0.5, 0.6) is 0 Å². The molecule has 1 rings (SSSR count). The number of nitrogens with one attached hydrogen (secondary N) is 3. The lowest BCUT2D eigenvalue weighted by molar-refractivity contribution is -0.141. The highest BCUT2D eigenvalue weighted by Crippen LogP contribution is 2.07. The summed E-state index contributed by atoms with van der Waals surface area (Å²) >= 11 is 3.90. The van der Waals surface area contributed by atoms with Crippen LogP contribution in [0, 0.1) is 0 Å². The molecular weight excluding hydrogens is 488 g/mol. The third kappa shape index (κ3) is 11.5. The van der Waals surface area contributed by atoms with Crippen LogP contribution in [0.1, 0.15) is 37.7 Å². The van der Waals surface area contributed by atoms with E-state index in [4.69, 9.17) is 17.2 Å². The van der Waals surface area contributed by atoms with Crippen LogP contribution in [0.25, 0.3) is 0 Å². The van der Waals surface area contributed by atoms with Gasteiger partial charge in [-0.3, -0.25) is 19.2 Å². The van der Waals surface area contributed by atoms with E-state index in [-0.39, 0.29) is 25.0 Å². The maximum absolute atomic E-state index is 13.2. The molecule has 12 nitrogen and oxygen atoms in total. The molecule has 0 saturated carbocycles. The van der Waals surface area contributed by atoms with E-state index in [9.17, 15) is 29.1 Å². The van der Waals surface area contributed by atoms with Crippen molar-refractivity contribution in [3.8, 4) is 0 Å². The number of rotatable bonds is 17. The first kappa shape index (κ1) is 30.9. The maximum atomic E-state index is 13.2. The largest absolute Gasteiger partial charge is 0.480 e. The number of unbranched alkanes of at least 4 members (excludes halogenated alkanes) is 1. The van der Waals surface area contributed by atoms with Crippen LogP contribution in [-0.2, 0) is 30.4 Å². The Morgan fingerprint density at radius 2 is 1.44 bits per heavy atom. The summed E-state index contributed by atoms with van der Waals surface area (Å²) < 4.78 is 0. The molecule has 4 atom stereocenters. The van der Waals surface area contributed by atoms with Gasteiger partial charge in [0.15, 0.2) is 0 Å². The molecule has 0 aromatic heterocycles. The summed E-state index contributed by atoms with van der Waals surface area (Å²) in [6, 6.07) is 4.36. The smallest absolute Gasteiger partial charge is 0.327 e. The second-order valence-electron chi connectivity index (χ2n) is 8.29. The highest BCUT2D eigenvalue weighted by Gasteiger charge is 2.30. The van der Waals surface area contributed by atoms with Gasteiger partial charge in [0, 0.05) is 18.6 Å². The quantitative estimate of drug-likeness (QED) is 0.0875. The minimum absolute atomic E-state index is 0.104. The topological polar surface area (TPSA) is 220 Å². The van der Waals surface area contributed by atoms with Crippen LogP contribution < -0.4 is 33.2 Å². The molecule has 10 N–H and O–H groups in total. The number of hydrogen-bond acceptors (Lipinski definition) is 8. The summed E-state index contributed by atoms with van der Waals surface area (Å²) in [6.07, 6.45) is 1.43. The number of nitrogens with two attached hydrogens (primary N) is 3. The molecule has 1 aromatic rings. The van der Waals surface area contributed by atoms with Gasteiger partial charge < -0.3 is 38.3 Å². The van der Waals surface area contributed by atoms with Crippen molar-refractivity contribution in [2.24, 2.45) is 17.2 Å². The fourth-order valence-electron chi connectivity index (χ4n) is 3.26. The predicted octanol–water partition coefficient (Wildman–Crippen LogP) is -1.58. The van der Waals surface area contributed by atoms with Gasteiger partial charge in [0.2, 0.25) is 23.6 Å². The van der Waals surface area contributed by atoms with Gasteiger partial charge in [-0.25, -0.2) is 4.79 Å². The van der Waals surface area contributed by atoms with E-state index in [1.54, 1.807) is 30.3 Å². The fourth-order valence-corrected chi connectivity index (χ4v) is 3.51. The number of hydrogen-bond donors (Lipinski definition) is 8. The number of carboxylic acids is 1. The lowest BCUT2D eigenvalue weighted by Crippen LogP contribution is -2.57. The van der Waals surface area contributed by atoms with Gasteiger partial charge in [-0.1, -0.05) is 36.8 Å². The van der Waals surface area contributed by atoms with Gasteiger partial charge in [0.05, 0.1) is 6.04 Å². The molecule has 13 heteroatoms. The number of amides is 4. The van der Waals surface area contributed by atoms with Crippen molar-refractivity contribution in [2.75, 3.05) is 12.3 Å². The molecular formula is C23H36N6O6S. The third-order valence-electron chi connectivity index (χ3n) is 5.33. The first-order valence-electron chi connectivity index (χ1n) is 11.6. The van der Waals surface area contributed by atoms with E-state index in [1.165, 1.54) is 0 Å². The molecule has 0 saturated heterocycles. The SMILES string of the molecule is NCCCCC(N)C(=O)NC(Cc1ccccc1)C(=O)NC(CCC(N)=O)C(=O)NC(CS)C(=O)O. The van der Waals surface area contributed by atoms with Gasteiger partial charge in [-0.05, 0) is 31.4 Å². The van der Waals surface area contributed by atoms with Crippen molar-refractivity contribution in [3.63, 3.8) is 0 Å². The van der Waals surface area contributed by atoms with E-state index in [1.807, 2.05) is 0 Å². The average Bonchev–Trinajstić information content (AvgIpc) is 2.84. The lowest BCUT2D eigenvalue weighted by atomic mass is 10.0. The Kier molecular flexibility index (Phi) is 14.1. The second kappa shape index (κ2) is 16.5. The van der Waals surface area contributed by atoms with E-state index in [0.717, 1.165) is 5.56 Å². The van der Waals surface area contributed by atoms with E-state index in [2.05, 4.69) is 28.6 Å². The van der Waals surface area contributed by atoms with Gasteiger partial charge in [0.25, 0.3) is 0 Å². The molecule has 0 bridgehead atoms. The lowest BCUT2D eigenvalue weighted by Gasteiger charge is -2.25. The van der Waals surface area contributed by atoms with Crippen LogP contribution >= 0.6 is 12.6 Å². The Hall–Kier alpha value is -3.16. The molecule has 0 spiro atoms. The summed E-state index contributed by atoms with van der Waals surface area (Å²) in [5.41, 5.74) is 17.4. The first-order valence-corrected chi connectivity index (χ1v) is 12.2. The number of thiol groups is 1. The predicted molar refractivity (Wildman–Crippen MR) is 137 cm³/mol. The second-order valence-corrected chi connectivity index (χ2v) is 8.66. The number of aliphatic carboxylic acids is 1. The van der Waals surface area contributed by atoms with Crippen LogP contribution in [-0.4, -0.2) is 71.2 Å². The average molecular weight is 525 g/mol. The molecule has 0 aliphatic carbocycles. The summed E-state index contributed by atoms with van der Waals surface area (Å²) in [4.78, 5) is 61.2. The monoisotopic (exact) mass is 524 g/mol. The molecule has 0 fully saturated rings. The molecule has 0 heterocycles. The minimum atomic E-state index is -1.31. The van der Waals surface area contributed by atoms with Crippen molar-refractivity contribution in [3.05, 3.63) is 35.9 Å². The summed E-state index contributed by atoms with van der Waals surface area (Å²) in [5.74, 6) is -4.27. The number of primary amides is 1. The fraction of sp³-hybridized carbons (Fsp3) is 0.522. The molecule has 4 unspecified atom stereocenters. The maximum Gasteiger partial charge on any atom is 0.327 e. The van der Waals surface area contributed by atoms with Crippen LogP contribution in [0.3, 0.4) is 0 Å². The third-order valence-corrected chi connectivity index (χ3v) is 5.70. The van der Waals surface area contributed by atoms with Gasteiger partial charge >= 0.3 is 5.97 Å². The number of carbonyl (C=O) groups excluding carboxylic acids is 4. The summed E-state index contributed by atoms with van der Waals surface area (Å²) in [6.45, 7) is 0.470. The van der Waals surface area contributed by atoms with Crippen LogP contribution in [0.2, 0.25) is 0 Å². The number of benzene rings is 1. The van der Waals surface area contributed by atoms with E-state index in [0.29, 0.717) is 25.8 Å². The Morgan fingerprint density at radius 3 is 2.00 bits per heavy atom. The van der Waals surface area contributed by atoms with E-state index >= 15 is 0 Å². The first-order chi connectivity index (χ1) is 17.1. The molecule has 1 aromatic carbocycles. The Morgan fingerprint density at radius 1 is 0.861 bits per heavy atom. The molecule has 4 amide bonds. The standard InChI is InChI=1S/C23H36N6O6S/c24-11-5-4-8-15(25)20(31)28-17(12-14-6-2-1-3-7-14)22(33)27-16(9-10-19(26)30)21(32)29-18(13-36)23(34)35/h1-3,6-7,15-18,36H,4-5,8-13,24-25H2,(H2,26,30)(H,27,33)(H,28,31)(H,29,32)(H,34,35). The van der Waals surface area contributed by atoms with Crippen molar-refractivity contribution in [2.45, 2.75) is 62.7 Å². The Bertz CT molecular complexity index is 887. The minimum Gasteiger partial charge on any atom is -0.480 e. The molecule has 0 radical (unpaired) electrons. The van der Waals surface area contributed by atoms with E-state index < -0.39 is 53.8 Å². The highest BCUT2D eigenvalue weighted by molar-refractivity contribution is 7.80. The Labute approximate surface area is 215 Å². The van der Waals surface area contributed by atoms with Crippen molar-refractivity contribution < 1.29 is 29.1 Å². The molecule has 0 aliphatic heterocycles. The van der Waals surface area contributed by atoms with Crippen molar-refractivity contribution in [1.82, 2.24) is 16.0 Å². The van der Waals surface area contributed by atoms with Crippen molar-refractivity contribution in [1.29, 1.82) is 0 Å². The van der Waals surface area contributed by atoms with Gasteiger partial charge in [-0.2, -0.15) is 12.6 Å². The highest BCUT2D eigenvalue weighted by atomic mass is 32.1. The molecule has 0 aliphatic rings. The zero-order valence-electron chi connectivity index (χ0n) is 20.0. The van der Waals surface area contributed by atoms with Crippen LogP contribution in [0.15, 0.2) is 30.3 Å². The summed E-state index contributed by atoms with van der Waals surface area (Å²) in [7, 11) is 0. The Balaban J connectivity index is 3.06. The number of carbonyl (C=O) groups is 5. The molecule has 200 valence electrons. The zero-order chi connectivity index (χ0) is 27.1. The summed E-state index contributed by atoms with van der Waals surface area (Å²) in [5, 5.41) is 16.6. The number of carboxylic acid groups (broad SMARTS) is 1. The van der Waals surface area contributed by atoms with Crippen LogP contribution in [0.4, 0.5) is 0 Å². The normalized spacial score (nSPS) is 14.1. The zero-order valence-corrected chi connectivity index (χ0v) is 20.9. The molecule has 36 heavy (non-hydrogen) atoms.